The molecule has 52 heavy (non-hydrogen) atoms. The lowest BCUT2D eigenvalue weighted by atomic mass is 9.95. The van der Waals surface area contributed by atoms with Gasteiger partial charge in [-0.25, -0.2) is 0 Å². The molecule has 0 atom stereocenters. The molecule has 2 heterocycles. The molecule has 0 saturated heterocycles. The van der Waals surface area contributed by atoms with E-state index in [1.807, 2.05) is 114 Å². The number of nitrogens with zero attached hydrogens (tertiary/aromatic N) is 2. The summed E-state index contributed by atoms with van der Waals surface area (Å²) in [5, 5.41) is 3.07. The van der Waals surface area contributed by atoms with Crippen LogP contribution in [0.5, 0.6) is 0 Å². The second-order valence-electron chi connectivity index (χ2n) is 13.2. The van der Waals surface area contributed by atoms with E-state index in [1.165, 1.54) is 24.3 Å². The van der Waals surface area contributed by atoms with Crippen molar-refractivity contribution in [2.45, 2.75) is 53.9 Å². The number of halogens is 6. The van der Waals surface area contributed by atoms with Gasteiger partial charge in [-0.3, -0.25) is 0 Å². The fourth-order valence-electron chi connectivity index (χ4n) is 7.35. The van der Waals surface area contributed by atoms with Crippen LogP contribution in [0.25, 0.3) is 66.1 Å². The van der Waals surface area contributed by atoms with Gasteiger partial charge in [0, 0.05) is 27.1 Å². The predicted molar refractivity (Wildman–Crippen MR) is 201 cm³/mol. The summed E-state index contributed by atoms with van der Waals surface area (Å²) in [5.74, 6) is 0. The average Bonchev–Trinajstić information content (AvgIpc) is 3.57. The molecule has 0 amide bonds. The number of hydrogen-bond acceptors (Lipinski definition) is 0. The Hall–Kier alpha value is -5.50. The van der Waals surface area contributed by atoms with Gasteiger partial charge in [0.1, 0.15) is 5.56 Å². The number of hydrogen-bond donors (Lipinski definition) is 0. The van der Waals surface area contributed by atoms with E-state index >= 15 is 13.2 Å². The van der Waals surface area contributed by atoms with Crippen LogP contribution in [0.4, 0.5) is 26.3 Å². The second-order valence-corrected chi connectivity index (χ2v) is 13.2. The third-order valence-electron chi connectivity index (χ3n) is 9.56. The van der Waals surface area contributed by atoms with Crippen molar-refractivity contribution in [3.63, 3.8) is 0 Å². The van der Waals surface area contributed by atoms with Crippen molar-refractivity contribution in [3.8, 4) is 22.5 Å². The topological polar surface area (TPSA) is 9.86 Å². The van der Waals surface area contributed by atoms with Crippen molar-refractivity contribution < 1.29 is 26.3 Å². The Morgan fingerprint density at radius 2 is 0.865 bits per heavy atom. The molecule has 8 aromatic rings. The minimum atomic E-state index is -4.94. The predicted octanol–water partition coefficient (Wildman–Crippen LogP) is 13.8. The maximum Gasteiger partial charge on any atom is 0.420 e. The Morgan fingerprint density at radius 1 is 0.442 bits per heavy atom. The average molecular weight is 707 g/mol. The first kappa shape index (κ1) is 34.9. The Balaban J connectivity index is 0.00000207. The SMILES string of the molecule is CC.Cc1ccc2c3ccc(C)cc3n(-c3ccc(-c4cccc(C(F)(F)F)c4)c(-n4c5cc(C)ccc5c5ccc(C)cc54)c3C(F)(F)F)c2c1. The smallest absolute Gasteiger partial charge is 0.309 e. The van der Waals surface area contributed by atoms with Crippen molar-refractivity contribution in [1.82, 2.24) is 9.13 Å². The Morgan fingerprint density at radius 3 is 1.27 bits per heavy atom. The van der Waals surface area contributed by atoms with Gasteiger partial charge in [-0.05, 0) is 98.0 Å². The zero-order chi connectivity index (χ0) is 37.3. The molecule has 6 aromatic carbocycles. The first-order valence-electron chi connectivity index (χ1n) is 17.2. The fraction of sp³-hybridized carbons (Fsp3) is 0.182. The molecule has 0 unspecified atom stereocenters. The number of rotatable bonds is 3. The number of alkyl halides is 6. The van der Waals surface area contributed by atoms with Gasteiger partial charge in [0.05, 0.1) is 39.0 Å². The lowest BCUT2D eigenvalue weighted by Crippen LogP contribution is -2.17. The maximum atomic E-state index is 16.2. The van der Waals surface area contributed by atoms with Crippen LogP contribution in [-0.2, 0) is 12.4 Å². The van der Waals surface area contributed by atoms with Gasteiger partial charge in [0.25, 0.3) is 0 Å². The summed E-state index contributed by atoms with van der Waals surface area (Å²) < 4.78 is 93.9. The molecule has 2 aromatic heterocycles. The van der Waals surface area contributed by atoms with Gasteiger partial charge in [0.2, 0.25) is 0 Å². The van der Waals surface area contributed by atoms with Crippen molar-refractivity contribution in [1.29, 1.82) is 0 Å². The highest BCUT2D eigenvalue weighted by molar-refractivity contribution is 6.12. The van der Waals surface area contributed by atoms with Gasteiger partial charge in [0.15, 0.2) is 0 Å². The van der Waals surface area contributed by atoms with Crippen LogP contribution in [0.1, 0.15) is 47.2 Å². The summed E-state index contributed by atoms with van der Waals surface area (Å²) in [6.45, 7) is 11.5. The molecule has 0 aliphatic rings. The van der Waals surface area contributed by atoms with Crippen LogP contribution in [0.2, 0.25) is 0 Å². The van der Waals surface area contributed by atoms with E-state index in [-0.39, 0.29) is 22.5 Å². The van der Waals surface area contributed by atoms with E-state index < -0.39 is 23.5 Å². The summed E-state index contributed by atoms with van der Waals surface area (Å²) in [6.07, 6.45) is -9.63. The van der Waals surface area contributed by atoms with E-state index in [1.54, 1.807) is 9.13 Å². The Kier molecular flexibility index (Phi) is 8.48. The molecule has 0 bridgehead atoms. The van der Waals surface area contributed by atoms with Gasteiger partial charge < -0.3 is 9.13 Å². The molecule has 264 valence electrons. The molecular weight excluding hydrogens is 670 g/mol. The van der Waals surface area contributed by atoms with Crippen LogP contribution in [-0.4, -0.2) is 9.13 Å². The van der Waals surface area contributed by atoms with Crippen molar-refractivity contribution in [3.05, 3.63) is 143 Å². The summed E-state index contributed by atoms with van der Waals surface area (Å²) in [4.78, 5) is 0. The normalized spacial score (nSPS) is 12.2. The summed E-state index contributed by atoms with van der Waals surface area (Å²) in [5.41, 5.74) is 3.47. The van der Waals surface area contributed by atoms with E-state index in [0.717, 1.165) is 55.9 Å². The number of aryl methyl sites for hydroxylation is 4. The number of aromatic nitrogens is 2. The lowest BCUT2D eigenvalue weighted by molar-refractivity contribution is -0.138. The van der Waals surface area contributed by atoms with Crippen molar-refractivity contribution in [2.75, 3.05) is 0 Å². The van der Waals surface area contributed by atoms with Crippen LogP contribution >= 0.6 is 0 Å². The van der Waals surface area contributed by atoms with Gasteiger partial charge >= 0.3 is 12.4 Å². The maximum absolute atomic E-state index is 16.2. The van der Waals surface area contributed by atoms with E-state index in [4.69, 9.17) is 0 Å². The molecule has 0 saturated carbocycles. The highest BCUT2D eigenvalue weighted by Gasteiger charge is 2.41. The monoisotopic (exact) mass is 706 g/mol. The largest absolute Gasteiger partial charge is 0.420 e. The molecule has 8 heteroatoms. The van der Waals surface area contributed by atoms with Gasteiger partial charge in [-0.2, -0.15) is 26.3 Å². The fourth-order valence-corrected chi connectivity index (χ4v) is 7.35. The molecule has 0 fully saturated rings. The molecule has 0 aliphatic carbocycles. The summed E-state index contributed by atoms with van der Waals surface area (Å²) in [7, 11) is 0. The van der Waals surface area contributed by atoms with Crippen LogP contribution in [0.15, 0.2) is 109 Å². The minimum Gasteiger partial charge on any atom is -0.309 e. The van der Waals surface area contributed by atoms with Gasteiger partial charge in [-0.15, -0.1) is 0 Å². The Bertz CT molecular complexity index is 2550. The van der Waals surface area contributed by atoms with Crippen LogP contribution in [0.3, 0.4) is 0 Å². The number of benzene rings is 6. The van der Waals surface area contributed by atoms with Crippen LogP contribution < -0.4 is 0 Å². The molecule has 0 N–H and O–H groups in total. The first-order chi connectivity index (χ1) is 24.7. The quantitative estimate of drug-likeness (QED) is 0.162. The standard InChI is InChI=1S/C42H30F6N2.C2H6/c1-23-8-12-30-31-13-9-24(2)19-36(31)49(35(30)18-23)34-17-16-29(27-6-5-7-28(22-27)41(43,44)45)40(39(34)42(46,47)48)50-37-20-25(3)10-14-32(37)33-15-11-26(4)21-38(33)50;1-2/h5-22H,1-4H3;1-2H3. The summed E-state index contributed by atoms with van der Waals surface area (Å²) in [6, 6.07) is 30.2. The van der Waals surface area contributed by atoms with Crippen molar-refractivity contribution >= 4 is 43.6 Å². The first-order valence-corrected chi connectivity index (χ1v) is 17.2. The highest BCUT2D eigenvalue weighted by Crippen LogP contribution is 2.48. The molecule has 0 radical (unpaired) electrons. The van der Waals surface area contributed by atoms with E-state index in [9.17, 15) is 13.2 Å². The second kappa shape index (κ2) is 12.6. The van der Waals surface area contributed by atoms with Crippen LogP contribution in [0, 0.1) is 27.7 Å². The Labute approximate surface area is 297 Å². The molecule has 0 aliphatic heterocycles. The molecular formula is C44H36F6N2. The molecule has 0 spiro atoms. The van der Waals surface area contributed by atoms with E-state index in [2.05, 4.69) is 0 Å². The zero-order valence-corrected chi connectivity index (χ0v) is 29.6. The lowest BCUT2D eigenvalue weighted by Gasteiger charge is -2.25. The third-order valence-corrected chi connectivity index (χ3v) is 9.56. The summed E-state index contributed by atoms with van der Waals surface area (Å²) >= 11 is 0. The van der Waals surface area contributed by atoms with E-state index in [0.29, 0.717) is 22.1 Å². The molecule has 2 nitrogen and oxygen atoms in total. The van der Waals surface area contributed by atoms with Gasteiger partial charge in [-0.1, -0.05) is 80.6 Å². The highest BCUT2D eigenvalue weighted by atomic mass is 19.4. The minimum absolute atomic E-state index is 0.0242. The molecule has 8 rings (SSSR count). The van der Waals surface area contributed by atoms with Crippen molar-refractivity contribution in [2.24, 2.45) is 0 Å². The third kappa shape index (κ3) is 5.70. The zero-order valence-electron chi connectivity index (χ0n) is 29.6. The number of fused-ring (bicyclic) bond motifs is 6.